The topological polar surface area (TPSA) is 65.1 Å². The predicted octanol–water partition coefficient (Wildman–Crippen LogP) is 1.65. The highest BCUT2D eigenvalue weighted by atomic mass is 16.5. The molecule has 0 saturated carbocycles. The summed E-state index contributed by atoms with van der Waals surface area (Å²) in [6, 6.07) is 8.12. The van der Waals surface area contributed by atoms with Gasteiger partial charge >= 0.3 is 5.97 Å². The number of piperazine rings is 1. The third-order valence-corrected chi connectivity index (χ3v) is 5.83. The van der Waals surface area contributed by atoms with E-state index in [1.54, 1.807) is 0 Å². The number of esters is 1. The number of nitrogens with zero attached hydrogens (tertiary/aromatic N) is 3. The average molecular weight is 389 g/mol. The van der Waals surface area contributed by atoms with Crippen molar-refractivity contribution < 1.29 is 14.3 Å². The normalized spacial score (nSPS) is 19.4. The van der Waals surface area contributed by atoms with Gasteiger partial charge in [-0.25, -0.2) is 0 Å². The van der Waals surface area contributed by atoms with Crippen LogP contribution in [-0.2, 0) is 14.3 Å². The molecule has 0 radical (unpaired) electrons. The fourth-order valence-corrected chi connectivity index (χ4v) is 3.97. The van der Waals surface area contributed by atoms with E-state index in [1.807, 2.05) is 12.1 Å². The van der Waals surface area contributed by atoms with Gasteiger partial charge in [0.1, 0.15) is 0 Å². The van der Waals surface area contributed by atoms with Gasteiger partial charge in [0.2, 0.25) is 5.91 Å². The molecule has 1 N–H and O–H groups in total. The van der Waals surface area contributed by atoms with Crippen LogP contribution in [-0.4, -0.2) is 81.1 Å². The molecular weight excluding hydrogens is 356 g/mol. The molecule has 1 aromatic rings. The van der Waals surface area contributed by atoms with Gasteiger partial charge in [-0.3, -0.25) is 14.5 Å². The quantitative estimate of drug-likeness (QED) is 0.748. The minimum absolute atomic E-state index is 0.0131. The Morgan fingerprint density at radius 2 is 1.64 bits per heavy atom. The molecule has 0 unspecified atom stereocenters. The summed E-state index contributed by atoms with van der Waals surface area (Å²) in [4.78, 5) is 30.9. The smallest absolute Gasteiger partial charge is 0.308 e. The van der Waals surface area contributed by atoms with Crippen LogP contribution in [0.1, 0.15) is 19.8 Å². The summed E-state index contributed by atoms with van der Waals surface area (Å²) in [6.07, 6.45) is 1.50. The van der Waals surface area contributed by atoms with Crippen LogP contribution >= 0.6 is 0 Å². The first-order chi connectivity index (χ1) is 13.6. The van der Waals surface area contributed by atoms with Crippen LogP contribution in [0.5, 0.6) is 0 Å². The number of hydrogen-bond acceptors (Lipinski definition) is 6. The largest absolute Gasteiger partial charge is 0.469 e. The van der Waals surface area contributed by atoms with Crippen molar-refractivity contribution in [3.8, 4) is 0 Å². The maximum absolute atomic E-state index is 12.3. The van der Waals surface area contributed by atoms with Crippen LogP contribution in [0.15, 0.2) is 24.3 Å². The Morgan fingerprint density at radius 3 is 2.21 bits per heavy atom. The predicted molar refractivity (Wildman–Crippen MR) is 111 cm³/mol. The van der Waals surface area contributed by atoms with Crippen molar-refractivity contribution in [2.75, 3.05) is 69.7 Å². The Hall–Kier alpha value is -2.12. The molecule has 1 amide bonds. The van der Waals surface area contributed by atoms with Crippen LogP contribution in [0, 0.1) is 5.92 Å². The standard InChI is InChI=1S/C21H32N4O3/c1-3-23-12-14-25(15-13-23)19-6-4-18(5-7-19)22-20(26)16-24-10-8-17(9-11-24)21(27)28-2/h4-7,17H,3,8-16H2,1-2H3,(H,22,26). The first-order valence-corrected chi connectivity index (χ1v) is 10.3. The minimum atomic E-state index is -0.139. The van der Waals surface area contributed by atoms with Gasteiger partial charge in [-0.15, -0.1) is 0 Å². The molecule has 0 aliphatic carbocycles. The van der Waals surface area contributed by atoms with Crippen molar-refractivity contribution in [3.63, 3.8) is 0 Å². The van der Waals surface area contributed by atoms with Crippen molar-refractivity contribution >= 4 is 23.3 Å². The van der Waals surface area contributed by atoms with E-state index in [2.05, 4.69) is 39.1 Å². The molecule has 7 heteroatoms. The second-order valence-electron chi connectivity index (χ2n) is 7.59. The summed E-state index contributed by atoms with van der Waals surface area (Å²) >= 11 is 0. The molecule has 154 valence electrons. The van der Waals surface area contributed by atoms with E-state index in [0.29, 0.717) is 6.54 Å². The number of rotatable bonds is 6. The number of likely N-dealkylation sites (tertiary alicyclic amines) is 1. The molecular formula is C21H32N4O3. The number of anilines is 2. The molecule has 1 aromatic carbocycles. The molecule has 28 heavy (non-hydrogen) atoms. The second-order valence-corrected chi connectivity index (χ2v) is 7.59. The Kier molecular flexibility index (Phi) is 7.28. The average Bonchev–Trinajstić information content (AvgIpc) is 2.74. The van der Waals surface area contributed by atoms with Gasteiger partial charge in [0.25, 0.3) is 0 Å². The van der Waals surface area contributed by atoms with Crippen LogP contribution in [0.2, 0.25) is 0 Å². The highest BCUT2D eigenvalue weighted by Gasteiger charge is 2.26. The van der Waals surface area contributed by atoms with E-state index in [0.717, 1.165) is 64.3 Å². The Bertz CT molecular complexity index is 648. The summed E-state index contributed by atoms with van der Waals surface area (Å²) < 4.78 is 4.81. The highest BCUT2D eigenvalue weighted by molar-refractivity contribution is 5.92. The fraction of sp³-hybridized carbons (Fsp3) is 0.619. The fourth-order valence-electron chi connectivity index (χ4n) is 3.97. The van der Waals surface area contributed by atoms with Gasteiger partial charge in [-0.05, 0) is 56.7 Å². The van der Waals surface area contributed by atoms with Crippen molar-refractivity contribution in [3.05, 3.63) is 24.3 Å². The van der Waals surface area contributed by atoms with Gasteiger partial charge in [-0.1, -0.05) is 6.92 Å². The van der Waals surface area contributed by atoms with E-state index in [-0.39, 0.29) is 17.8 Å². The summed E-state index contributed by atoms with van der Waals surface area (Å²) in [6.45, 7) is 9.44. The zero-order valence-electron chi connectivity index (χ0n) is 17.0. The van der Waals surface area contributed by atoms with Gasteiger partial charge in [0.05, 0.1) is 19.6 Å². The van der Waals surface area contributed by atoms with E-state index in [9.17, 15) is 9.59 Å². The molecule has 0 atom stereocenters. The second kappa shape index (κ2) is 9.89. The first-order valence-electron chi connectivity index (χ1n) is 10.3. The van der Waals surface area contributed by atoms with Crippen molar-refractivity contribution in [2.24, 2.45) is 5.92 Å². The van der Waals surface area contributed by atoms with Crippen LogP contribution in [0.3, 0.4) is 0 Å². The maximum Gasteiger partial charge on any atom is 0.308 e. The van der Waals surface area contributed by atoms with Crippen LogP contribution in [0.4, 0.5) is 11.4 Å². The van der Waals surface area contributed by atoms with Gasteiger partial charge in [-0.2, -0.15) is 0 Å². The lowest BCUT2D eigenvalue weighted by Gasteiger charge is -2.35. The molecule has 3 rings (SSSR count). The number of likely N-dealkylation sites (N-methyl/N-ethyl adjacent to an activating group) is 1. The summed E-state index contributed by atoms with van der Waals surface area (Å²) in [7, 11) is 1.43. The SMILES string of the molecule is CCN1CCN(c2ccc(NC(=O)CN3CCC(C(=O)OC)CC3)cc2)CC1. The monoisotopic (exact) mass is 388 g/mol. The molecule has 2 heterocycles. The first kappa shape index (κ1) is 20.6. The molecule has 0 bridgehead atoms. The Morgan fingerprint density at radius 1 is 1.00 bits per heavy atom. The van der Waals surface area contributed by atoms with E-state index < -0.39 is 0 Å². The molecule has 2 fully saturated rings. The number of carbonyl (C=O) groups excluding carboxylic acids is 2. The molecule has 7 nitrogen and oxygen atoms in total. The molecule has 0 aromatic heterocycles. The number of methoxy groups -OCH3 is 1. The van der Waals surface area contributed by atoms with Crippen LogP contribution in [0.25, 0.3) is 0 Å². The van der Waals surface area contributed by atoms with Crippen LogP contribution < -0.4 is 10.2 Å². The van der Waals surface area contributed by atoms with Crippen molar-refractivity contribution in [2.45, 2.75) is 19.8 Å². The number of hydrogen-bond donors (Lipinski definition) is 1. The number of nitrogens with one attached hydrogen (secondary N) is 1. The van der Waals surface area contributed by atoms with Crippen molar-refractivity contribution in [1.82, 2.24) is 9.80 Å². The molecule has 2 aliphatic rings. The lowest BCUT2D eigenvalue weighted by atomic mass is 9.97. The number of benzene rings is 1. The van der Waals surface area contributed by atoms with Gasteiger partial charge < -0.3 is 19.9 Å². The lowest BCUT2D eigenvalue weighted by Crippen LogP contribution is -2.46. The number of carbonyl (C=O) groups is 2. The minimum Gasteiger partial charge on any atom is -0.469 e. The summed E-state index contributed by atoms with van der Waals surface area (Å²) in [5.41, 5.74) is 2.03. The number of piperidine rings is 1. The summed E-state index contributed by atoms with van der Waals surface area (Å²) in [5, 5.41) is 2.98. The van der Waals surface area contributed by atoms with E-state index in [1.165, 1.54) is 12.8 Å². The number of ether oxygens (including phenoxy) is 1. The number of amides is 1. The molecule has 0 spiro atoms. The molecule has 2 aliphatic heterocycles. The van der Waals surface area contributed by atoms with E-state index >= 15 is 0 Å². The van der Waals surface area contributed by atoms with Crippen molar-refractivity contribution in [1.29, 1.82) is 0 Å². The zero-order valence-corrected chi connectivity index (χ0v) is 17.0. The maximum atomic E-state index is 12.3. The Balaban J connectivity index is 1.43. The molecule has 2 saturated heterocycles. The third kappa shape index (κ3) is 5.45. The summed E-state index contributed by atoms with van der Waals surface area (Å²) in [5.74, 6) is -0.183. The Labute approximate surface area is 167 Å². The van der Waals surface area contributed by atoms with Gasteiger partial charge in [0, 0.05) is 37.6 Å². The third-order valence-electron chi connectivity index (χ3n) is 5.83. The highest BCUT2D eigenvalue weighted by Crippen LogP contribution is 2.20. The zero-order chi connectivity index (χ0) is 19.9. The lowest BCUT2D eigenvalue weighted by molar-refractivity contribution is -0.147. The van der Waals surface area contributed by atoms with Gasteiger partial charge in [0.15, 0.2) is 0 Å². The van der Waals surface area contributed by atoms with E-state index in [4.69, 9.17) is 4.74 Å².